The summed E-state index contributed by atoms with van der Waals surface area (Å²) in [6.45, 7) is 4.05. The number of benzene rings is 1. The van der Waals surface area contributed by atoms with Crippen LogP contribution in [-0.2, 0) is 22.5 Å². The highest BCUT2D eigenvalue weighted by Crippen LogP contribution is 2.22. The van der Waals surface area contributed by atoms with Gasteiger partial charge in [0.1, 0.15) is 4.88 Å². The third-order valence-corrected chi connectivity index (χ3v) is 4.62. The Morgan fingerprint density at radius 2 is 2.09 bits per heavy atom. The highest BCUT2D eigenvalue weighted by Gasteiger charge is 2.14. The van der Waals surface area contributed by atoms with Crippen molar-refractivity contribution in [2.75, 3.05) is 6.61 Å². The predicted molar refractivity (Wildman–Crippen MR) is 92.0 cm³/mol. The summed E-state index contributed by atoms with van der Waals surface area (Å²) in [5, 5.41) is 3.30. The fourth-order valence-corrected chi connectivity index (χ4v) is 3.29. The molecule has 1 amide bonds. The molecule has 1 aromatic carbocycles. The Bertz CT molecular complexity index is 712. The minimum Gasteiger partial charge on any atom is -0.451 e. The number of thiophene rings is 1. The molecule has 0 aliphatic carbocycles. The maximum Gasteiger partial charge on any atom is 0.348 e. The molecule has 0 bridgehead atoms. The average molecular weight is 352 g/mol. The zero-order chi connectivity index (χ0) is 16.8. The molecule has 1 heterocycles. The minimum atomic E-state index is -0.462. The number of amides is 1. The lowest BCUT2D eigenvalue weighted by molar-refractivity contribution is -0.124. The molecular weight excluding hydrogens is 334 g/mol. The summed E-state index contributed by atoms with van der Waals surface area (Å²) in [5.74, 6) is -0.807. The van der Waals surface area contributed by atoms with Gasteiger partial charge in [0.25, 0.3) is 5.91 Å². The number of carbonyl (C=O) groups is 2. The Balaban J connectivity index is 1.80. The van der Waals surface area contributed by atoms with Crippen LogP contribution in [-0.4, -0.2) is 18.5 Å². The van der Waals surface area contributed by atoms with Gasteiger partial charge in [0.2, 0.25) is 0 Å². The predicted octanol–water partition coefficient (Wildman–Crippen LogP) is 3.75. The van der Waals surface area contributed by atoms with Gasteiger partial charge in [-0.05, 0) is 42.7 Å². The second-order valence-electron chi connectivity index (χ2n) is 5.03. The van der Waals surface area contributed by atoms with Gasteiger partial charge in [-0.3, -0.25) is 4.79 Å². The fraction of sp³-hybridized carbons (Fsp3) is 0.294. The zero-order valence-corrected chi connectivity index (χ0v) is 14.6. The number of esters is 1. The first-order valence-electron chi connectivity index (χ1n) is 7.27. The first-order valence-corrected chi connectivity index (χ1v) is 8.46. The molecule has 23 heavy (non-hydrogen) atoms. The van der Waals surface area contributed by atoms with Crippen LogP contribution in [0.5, 0.6) is 0 Å². The number of hydrogen-bond donors (Lipinski definition) is 1. The van der Waals surface area contributed by atoms with E-state index in [0.29, 0.717) is 16.4 Å². The van der Waals surface area contributed by atoms with Crippen LogP contribution in [0.4, 0.5) is 0 Å². The van der Waals surface area contributed by atoms with Crippen molar-refractivity contribution in [2.24, 2.45) is 0 Å². The SMILES string of the molecule is CCc1cc(C(=O)OCC(=O)NCc2cccc(Cl)c2)sc1C. The van der Waals surface area contributed by atoms with Crippen LogP contribution in [0.1, 0.15) is 32.6 Å². The van der Waals surface area contributed by atoms with Crippen LogP contribution in [0.3, 0.4) is 0 Å². The van der Waals surface area contributed by atoms with E-state index in [1.54, 1.807) is 12.1 Å². The minimum absolute atomic E-state index is 0.294. The van der Waals surface area contributed by atoms with E-state index in [1.807, 2.05) is 32.0 Å². The van der Waals surface area contributed by atoms with Crippen LogP contribution in [0, 0.1) is 6.92 Å². The number of rotatable bonds is 6. The van der Waals surface area contributed by atoms with Crippen LogP contribution in [0.15, 0.2) is 30.3 Å². The fourth-order valence-electron chi connectivity index (χ4n) is 2.07. The number of nitrogens with one attached hydrogen (secondary N) is 1. The molecule has 0 fully saturated rings. The van der Waals surface area contributed by atoms with Gasteiger partial charge in [-0.25, -0.2) is 4.79 Å². The van der Waals surface area contributed by atoms with Crippen molar-refractivity contribution >= 4 is 34.8 Å². The third-order valence-electron chi connectivity index (χ3n) is 3.32. The normalized spacial score (nSPS) is 10.4. The first kappa shape index (κ1) is 17.5. The van der Waals surface area contributed by atoms with Crippen molar-refractivity contribution in [1.29, 1.82) is 0 Å². The topological polar surface area (TPSA) is 55.4 Å². The van der Waals surface area contributed by atoms with E-state index in [9.17, 15) is 9.59 Å². The van der Waals surface area contributed by atoms with Crippen molar-refractivity contribution in [3.8, 4) is 0 Å². The average Bonchev–Trinajstić information content (AvgIpc) is 2.91. The molecule has 1 aromatic heterocycles. The molecule has 0 aliphatic heterocycles. The molecule has 0 saturated carbocycles. The first-order chi connectivity index (χ1) is 11.0. The van der Waals surface area contributed by atoms with E-state index >= 15 is 0 Å². The van der Waals surface area contributed by atoms with Crippen molar-refractivity contribution in [3.05, 3.63) is 56.2 Å². The Morgan fingerprint density at radius 1 is 1.30 bits per heavy atom. The van der Waals surface area contributed by atoms with Crippen LogP contribution in [0.25, 0.3) is 0 Å². The number of carbonyl (C=O) groups excluding carboxylic acids is 2. The maximum atomic E-state index is 11.9. The van der Waals surface area contributed by atoms with Crippen molar-refractivity contribution in [3.63, 3.8) is 0 Å². The van der Waals surface area contributed by atoms with E-state index in [2.05, 4.69) is 5.32 Å². The van der Waals surface area contributed by atoms with Gasteiger partial charge < -0.3 is 10.1 Å². The second-order valence-corrected chi connectivity index (χ2v) is 6.72. The van der Waals surface area contributed by atoms with Gasteiger partial charge in [0.05, 0.1) is 0 Å². The smallest absolute Gasteiger partial charge is 0.348 e. The van der Waals surface area contributed by atoms with Crippen molar-refractivity contribution in [1.82, 2.24) is 5.32 Å². The van der Waals surface area contributed by atoms with Gasteiger partial charge >= 0.3 is 5.97 Å². The molecule has 122 valence electrons. The summed E-state index contributed by atoms with van der Waals surface area (Å²) >= 11 is 7.27. The van der Waals surface area contributed by atoms with E-state index in [-0.39, 0.29) is 12.5 Å². The molecule has 4 nitrogen and oxygen atoms in total. The van der Waals surface area contributed by atoms with Crippen molar-refractivity contribution < 1.29 is 14.3 Å². The largest absolute Gasteiger partial charge is 0.451 e. The summed E-state index contributed by atoms with van der Waals surface area (Å²) in [4.78, 5) is 25.3. The van der Waals surface area contributed by atoms with Gasteiger partial charge in [0.15, 0.2) is 6.61 Å². The van der Waals surface area contributed by atoms with Crippen molar-refractivity contribution in [2.45, 2.75) is 26.8 Å². The Kier molecular flexibility index (Phi) is 6.19. The van der Waals surface area contributed by atoms with E-state index in [4.69, 9.17) is 16.3 Å². The maximum absolute atomic E-state index is 11.9. The molecule has 1 N–H and O–H groups in total. The molecule has 0 saturated heterocycles. The molecule has 0 radical (unpaired) electrons. The monoisotopic (exact) mass is 351 g/mol. The molecular formula is C17H18ClNO3S. The number of hydrogen-bond acceptors (Lipinski definition) is 4. The molecule has 0 aliphatic rings. The number of aryl methyl sites for hydroxylation is 2. The highest BCUT2D eigenvalue weighted by molar-refractivity contribution is 7.14. The van der Waals surface area contributed by atoms with Crippen LogP contribution in [0.2, 0.25) is 5.02 Å². The summed E-state index contributed by atoms with van der Waals surface area (Å²) in [7, 11) is 0. The molecule has 6 heteroatoms. The van der Waals surface area contributed by atoms with Crippen LogP contribution >= 0.6 is 22.9 Å². The quantitative estimate of drug-likeness (QED) is 0.806. The summed E-state index contributed by atoms with van der Waals surface area (Å²) in [6.07, 6.45) is 0.871. The summed E-state index contributed by atoms with van der Waals surface area (Å²) in [6, 6.07) is 9.04. The van der Waals surface area contributed by atoms with Gasteiger partial charge in [-0.15, -0.1) is 11.3 Å². The lowest BCUT2D eigenvalue weighted by Crippen LogP contribution is -2.28. The Hall–Kier alpha value is -1.85. The third kappa shape index (κ3) is 5.08. The lowest BCUT2D eigenvalue weighted by atomic mass is 10.2. The van der Waals surface area contributed by atoms with Gasteiger partial charge in [-0.2, -0.15) is 0 Å². The van der Waals surface area contributed by atoms with E-state index < -0.39 is 5.97 Å². The molecule has 2 aromatic rings. The zero-order valence-electron chi connectivity index (χ0n) is 13.0. The lowest BCUT2D eigenvalue weighted by Gasteiger charge is -2.06. The Morgan fingerprint density at radius 3 is 2.74 bits per heavy atom. The van der Waals surface area contributed by atoms with Gasteiger partial charge in [-0.1, -0.05) is 30.7 Å². The van der Waals surface area contributed by atoms with E-state index in [1.165, 1.54) is 11.3 Å². The molecule has 0 atom stereocenters. The molecule has 2 rings (SSSR count). The number of halogens is 1. The highest BCUT2D eigenvalue weighted by atomic mass is 35.5. The second kappa shape index (κ2) is 8.13. The summed E-state index contributed by atoms with van der Waals surface area (Å²) in [5.41, 5.74) is 2.02. The standard InChI is InChI=1S/C17H18ClNO3S/c1-3-13-8-15(23-11(13)2)17(21)22-10-16(20)19-9-12-5-4-6-14(18)7-12/h4-8H,3,9-10H2,1-2H3,(H,19,20). The Labute approximate surface area is 144 Å². The van der Waals surface area contributed by atoms with Gasteiger partial charge in [0, 0.05) is 16.4 Å². The summed E-state index contributed by atoms with van der Waals surface area (Å²) < 4.78 is 5.05. The van der Waals surface area contributed by atoms with Crippen LogP contribution < -0.4 is 5.32 Å². The van der Waals surface area contributed by atoms with E-state index in [0.717, 1.165) is 22.4 Å². The number of ether oxygens (including phenoxy) is 1. The molecule has 0 unspecified atom stereocenters. The molecule has 0 spiro atoms.